The first-order valence-corrected chi connectivity index (χ1v) is 7.71. The number of hydrogen-bond donors (Lipinski definition) is 2. The number of aromatic nitrogens is 3. The van der Waals surface area contributed by atoms with Crippen LogP contribution in [0.3, 0.4) is 0 Å². The normalized spacial score (nSPS) is 16.2. The highest BCUT2D eigenvalue weighted by molar-refractivity contribution is 6.39. The van der Waals surface area contributed by atoms with Crippen molar-refractivity contribution in [2.75, 3.05) is 12.4 Å². The number of aryl methyl sites for hydroxylation is 1. The molecule has 0 saturated carbocycles. The average molecular weight is 329 g/mol. The fourth-order valence-electron chi connectivity index (χ4n) is 2.84. The Labute approximate surface area is 139 Å². The number of hydrogen-bond acceptors (Lipinski definition) is 5. The topological polar surface area (TPSA) is 98.1 Å². The fourth-order valence-corrected chi connectivity index (χ4v) is 2.84. The van der Waals surface area contributed by atoms with Gasteiger partial charge in [0.15, 0.2) is 0 Å². The standard InChI is InChI=1S/C16H19N5O3/c1-21-13-5-3-4-12(11(13)9-18-21)20-16(23)15(22)19-10-6-7-14(24-2)17-8-10/h6-9,12H,3-5H2,1-2H3,(H,19,22)(H,20,23). The van der Waals surface area contributed by atoms with E-state index in [1.54, 1.807) is 18.3 Å². The molecule has 0 radical (unpaired) electrons. The maximum absolute atomic E-state index is 12.2. The summed E-state index contributed by atoms with van der Waals surface area (Å²) in [6.07, 6.45) is 5.86. The van der Waals surface area contributed by atoms with Crippen molar-refractivity contribution in [3.8, 4) is 5.88 Å². The van der Waals surface area contributed by atoms with Crippen molar-refractivity contribution in [2.45, 2.75) is 25.3 Å². The van der Waals surface area contributed by atoms with Crippen LogP contribution in [-0.2, 0) is 23.1 Å². The lowest BCUT2D eigenvalue weighted by Crippen LogP contribution is -2.38. The summed E-state index contributed by atoms with van der Waals surface area (Å²) in [7, 11) is 3.39. The minimum absolute atomic E-state index is 0.185. The van der Waals surface area contributed by atoms with Crippen molar-refractivity contribution in [3.63, 3.8) is 0 Å². The van der Waals surface area contributed by atoms with Gasteiger partial charge in [0, 0.05) is 24.4 Å². The van der Waals surface area contributed by atoms with Gasteiger partial charge in [-0.15, -0.1) is 0 Å². The minimum atomic E-state index is -0.724. The molecule has 8 nitrogen and oxygen atoms in total. The molecule has 2 amide bonds. The lowest BCUT2D eigenvalue weighted by Gasteiger charge is -2.23. The van der Waals surface area contributed by atoms with Crippen LogP contribution < -0.4 is 15.4 Å². The number of rotatable bonds is 3. The van der Waals surface area contributed by atoms with E-state index in [0.29, 0.717) is 11.6 Å². The zero-order valence-corrected chi connectivity index (χ0v) is 13.6. The first-order chi connectivity index (χ1) is 11.6. The van der Waals surface area contributed by atoms with Crippen molar-refractivity contribution in [3.05, 3.63) is 35.8 Å². The molecule has 3 rings (SSSR count). The predicted molar refractivity (Wildman–Crippen MR) is 86.4 cm³/mol. The number of fused-ring (bicyclic) bond motifs is 1. The van der Waals surface area contributed by atoms with E-state index in [4.69, 9.17) is 4.74 Å². The van der Waals surface area contributed by atoms with E-state index in [-0.39, 0.29) is 6.04 Å². The van der Waals surface area contributed by atoms with Gasteiger partial charge in [-0.2, -0.15) is 5.10 Å². The third kappa shape index (κ3) is 3.22. The summed E-state index contributed by atoms with van der Waals surface area (Å²) in [6, 6.07) is 3.04. The highest BCUT2D eigenvalue weighted by atomic mass is 16.5. The summed E-state index contributed by atoms with van der Waals surface area (Å²) in [6.45, 7) is 0. The highest BCUT2D eigenvalue weighted by Crippen LogP contribution is 2.29. The van der Waals surface area contributed by atoms with Gasteiger partial charge in [-0.25, -0.2) is 4.98 Å². The maximum atomic E-state index is 12.2. The van der Waals surface area contributed by atoms with Crippen LogP contribution in [-0.4, -0.2) is 33.7 Å². The summed E-state index contributed by atoms with van der Waals surface area (Å²) in [5.74, 6) is -0.964. The van der Waals surface area contributed by atoms with E-state index >= 15 is 0 Å². The number of nitrogens with one attached hydrogen (secondary N) is 2. The highest BCUT2D eigenvalue weighted by Gasteiger charge is 2.26. The van der Waals surface area contributed by atoms with Crippen molar-refractivity contribution in [2.24, 2.45) is 7.05 Å². The van der Waals surface area contributed by atoms with Crippen LogP contribution in [0.1, 0.15) is 30.1 Å². The van der Waals surface area contributed by atoms with Crippen LogP contribution >= 0.6 is 0 Å². The molecule has 0 bridgehead atoms. The van der Waals surface area contributed by atoms with Gasteiger partial charge >= 0.3 is 11.8 Å². The summed E-state index contributed by atoms with van der Waals surface area (Å²) < 4.78 is 6.76. The Morgan fingerprint density at radius 3 is 2.83 bits per heavy atom. The van der Waals surface area contributed by atoms with E-state index in [9.17, 15) is 9.59 Å². The van der Waals surface area contributed by atoms with E-state index in [2.05, 4.69) is 20.7 Å². The quantitative estimate of drug-likeness (QED) is 0.817. The maximum Gasteiger partial charge on any atom is 0.313 e. The second kappa shape index (κ2) is 6.69. The predicted octanol–water partition coefficient (Wildman–Crippen LogP) is 0.956. The zero-order chi connectivity index (χ0) is 17.1. The molecule has 126 valence electrons. The minimum Gasteiger partial charge on any atom is -0.481 e. The van der Waals surface area contributed by atoms with Crippen LogP contribution in [0.15, 0.2) is 24.5 Å². The molecule has 0 saturated heterocycles. The van der Waals surface area contributed by atoms with Gasteiger partial charge in [0.1, 0.15) is 0 Å². The molecular formula is C16H19N5O3. The lowest BCUT2D eigenvalue weighted by molar-refractivity contribution is -0.136. The largest absolute Gasteiger partial charge is 0.481 e. The van der Waals surface area contributed by atoms with Gasteiger partial charge < -0.3 is 15.4 Å². The van der Waals surface area contributed by atoms with Crippen LogP contribution in [0, 0.1) is 0 Å². The van der Waals surface area contributed by atoms with Crippen LogP contribution in [0.4, 0.5) is 5.69 Å². The number of anilines is 1. The number of methoxy groups -OCH3 is 1. The smallest absolute Gasteiger partial charge is 0.313 e. The Morgan fingerprint density at radius 2 is 2.12 bits per heavy atom. The third-order valence-corrected chi connectivity index (χ3v) is 4.09. The van der Waals surface area contributed by atoms with Crippen molar-refractivity contribution in [1.82, 2.24) is 20.1 Å². The molecule has 2 aromatic rings. The van der Waals surface area contributed by atoms with Gasteiger partial charge in [-0.1, -0.05) is 0 Å². The van der Waals surface area contributed by atoms with E-state index in [1.807, 2.05) is 11.7 Å². The molecule has 0 spiro atoms. The SMILES string of the molecule is COc1ccc(NC(=O)C(=O)NC2CCCc3c2cnn3C)cn1. The first-order valence-electron chi connectivity index (χ1n) is 7.71. The molecule has 2 aromatic heterocycles. The van der Waals surface area contributed by atoms with E-state index < -0.39 is 11.8 Å². The second-order valence-electron chi connectivity index (χ2n) is 5.63. The van der Waals surface area contributed by atoms with Crippen LogP contribution in [0.25, 0.3) is 0 Å². The molecule has 2 N–H and O–H groups in total. The van der Waals surface area contributed by atoms with Gasteiger partial charge in [0.25, 0.3) is 0 Å². The number of carbonyl (C=O) groups excluding carboxylic acids is 2. The number of pyridine rings is 1. The number of ether oxygens (including phenoxy) is 1. The molecule has 0 fully saturated rings. The summed E-state index contributed by atoms with van der Waals surface area (Å²) in [4.78, 5) is 28.2. The molecule has 2 heterocycles. The molecule has 8 heteroatoms. The van der Waals surface area contributed by atoms with Crippen molar-refractivity contribution in [1.29, 1.82) is 0 Å². The Hall–Kier alpha value is -2.90. The summed E-state index contributed by atoms with van der Waals surface area (Å²) in [5, 5.41) is 9.53. The number of carbonyl (C=O) groups is 2. The van der Waals surface area contributed by atoms with Crippen molar-refractivity contribution < 1.29 is 14.3 Å². The molecular weight excluding hydrogens is 310 g/mol. The molecule has 1 atom stereocenters. The van der Waals surface area contributed by atoms with Crippen LogP contribution in [0.2, 0.25) is 0 Å². The number of amides is 2. The molecule has 1 unspecified atom stereocenters. The number of nitrogens with zero attached hydrogens (tertiary/aromatic N) is 3. The Kier molecular flexibility index (Phi) is 4.45. The summed E-state index contributed by atoms with van der Waals surface area (Å²) >= 11 is 0. The Balaban J connectivity index is 1.63. The Morgan fingerprint density at radius 1 is 1.29 bits per heavy atom. The molecule has 1 aliphatic rings. The van der Waals surface area contributed by atoms with E-state index in [1.165, 1.54) is 13.3 Å². The third-order valence-electron chi connectivity index (χ3n) is 4.09. The fraction of sp³-hybridized carbons (Fsp3) is 0.375. The van der Waals surface area contributed by atoms with Gasteiger partial charge in [-0.3, -0.25) is 14.3 Å². The Bertz CT molecular complexity index is 754. The van der Waals surface area contributed by atoms with Crippen molar-refractivity contribution >= 4 is 17.5 Å². The zero-order valence-electron chi connectivity index (χ0n) is 13.6. The average Bonchev–Trinajstić information content (AvgIpc) is 2.98. The summed E-state index contributed by atoms with van der Waals surface area (Å²) in [5.41, 5.74) is 2.52. The van der Waals surface area contributed by atoms with Crippen LogP contribution in [0.5, 0.6) is 5.88 Å². The molecule has 1 aliphatic carbocycles. The van der Waals surface area contributed by atoms with Gasteiger partial charge in [0.2, 0.25) is 5.88 Å². The molecule has 0 aromatic carbocycles. The van der Waals surface area contributed by atoms with E-state index in [0.717, 1.165) is 30.5 Å². The molecule has 24 heavy (non-hydrogen) atoms. The molecule has 0 aliphatic heterocycles. The monoisotopic (exact) mass is 329 g/mol. The van der Waals surface area contributed by atoms with Gasteiger partial charge in [-0.05, 0) is 25.3 Å². The second-order valence-corrected chi connectivity index (χ2v) is 5.63. The van der Waals surface area contributed by atoms with Gasteiger partial charge in [0.05, 0.1) is 31.2 Å². The first kappa shape index (κ1) is 16.0. The lowest BCUT2D eigenvalue weighted by atomic mass is 9.93.